The number of unbranched alkanes of at least 4 members (excludes halogenated alkanes) is 2. The molecule has 96 valence electrons. The van der Waals surface area contributed by atoms with Gasteiger partial charge in [-0.05, 0) is 12.8 Å². The van der Waals surface area contributed by atoms with E-state index in [-0.39, 0.29) is 11.3 Å². The lowest BCUT2D eigenvalue weighted by Crippen LogP contribution is -2.47. The first-order valence-electron chi connectivity index (χ1n) is 6.47. The Bertz CT molecular complexity index is 189. The van der Waals surface area contributed by atoms with E-state index in [4.69, 9.17) is 0 Å². The third-order valence-electron chi connectivity index (χ3n) is 2.50. The molecule has 0 saturated carbocycles. The maximum Gasteiger partial charge on any atom is 0.239 e. The van der Waals surface area contributed by atoms with Crippen LogP contribution in [-0.2, 0) is 4.79 Å². The zero-order valence-electron chi connectivity index (χ0n) is 11.6. The van der Waals surface area contributed by atoms with E-state index in [1.165, 1.54) is 0 Å². The summed E-state index contributed by atoms with van der Waals surface area (Å²) in [6.07, 6.45) is 4.59. The Hall–Kier alpha value is -0.570. The van der Waals surface area contributed by atoms with Crippen LogP contribution >= 0.6 is 0 Å². The van der Waals surface area contributed by atoms with Crippen LogP contribution in [0.2, 0.25) is 0 Å². The summed E-state index contributed by atoms with van der Waals surface area (Å²) < 4.78 is 0. The van der Waals surface area contributed by atoms with E-state index >= 15 is 0 Å². The van der Waals surface area contributed by atoms with Gasteiger partial charge in [0.15, 0.2) is 0 Å². The highest BCUT2D eigenvalue weighted by atomic mass is 16.2. The van der Waals surface area contributed by atoms with E-state index < -0.39 is 0 Å². The first kappa shape index (κ1) is 15.4. The second-order valence-electron chi connectivity index (χ2n) is 5.39. The van der Waals surface area contributed by atoms with E-state index in [2.05, 4.69) is 24.3 Å². The summed E-state index contributed by atoms with van der Waals surface area (Å²) in [6, 6.07) is 0. The maximum atomic E-state index is 11.8. The molecule has 3 nitrogen and oxygen atoms in total. The minimum atomic E-state index is -0.309. The van der Waals surface area contributed by atoms with Gasteiger partial charge >= 0.3 is 0 Å². The van der Waals surface area contributed by atoms with Gasteiger partial charge in [-0.2, -0.15) is 0 Å². The molecule has 0 spiro atoms. The molecule has 0 saturated heterocycles. The molecule has 0 aliphatic rings. The number of hydrogen-bond acceptors (Lipinski definition) is 2. The van der Waals surface area contributed by atoms with Crippen molar-refractivity contribution in [2.24, 2.45) is 5.41 Å². The predicted octanol–water partition coefficient (Wildman–Crippen LogP) is 2.97. The Morgan fingerprint density at radius 1 is 1.06 bits per heavy atom. The first-order valence-corrected chi connectivity index (χ1v) is 6.47. The molecule has 0 aromatic rings. The standard InChI is InChI=1S/C13H28N2O/c1-6-8-10-15(11-9-7-2)14-12(16)13(3,4)5/h6-11H2,1-5H3,(H,14,16). The third kappa shape index (κ3) is 6.83. The van der Waals surface area contributed by atoms with E-state index in [0.717, 1.165) is 38.8 Å². The molecule has 0 atom stereocenters. The van der Waals surface area contributed by atoms with Gasteiger partial charge in [0.25, 0.3) is 0 Å². The minimum absolute atomic E-state index is 0.111. The van der Waals surface area contributed by atoms with E-state index in [9.17, 15) is 4.79 Å². The Morgan fingerprint density at radius 2 is 1.50 bits per heavy atom. The van der Waals surface area contributed by atoms with Gasteiger partial charge < -0.3 is 0 Å². The van der Waals surface area contributed by atoms with E-state index in [1.54, 1.807) is 0 Å². The smallest absolute Gasteiger partial charge is 0.239 e. The van der Waals surface area contributed by atoms with Gasteiger partial charge in [0, 0.05) is 18.5 Å². The van der Waals surface area contributed by atoms with Crippen LogP contribution in [0.4, 0.5) is 0 Å². The highest BCUT2D eigenvalue weighted by Crippen LogP contribution is 2.13. The fourth-order valence-corrected chi connectivity index (χ4v) is 1.23. The second kappa shape index (κ2) is 7.66. The number of amides is 1. The highest BCUT2D eigenvalue weighted by molar-refractivity contribution is 5.80. The molecular weight excluding hydrogens is 200 g/mol. The third-order valence-corrected chi connectivity index (χ3v) is 2.50. The first-order chi connectivity index (χ1) is 7.41. The molecule has 1 amide bonds. The van der Waals surface area contributed by atoms with Gasteiger partial charge in [0.05, 0.1) is 0 Å². The molecule has 0 unspecified atom stereocenters. The quantitative estimate of drug-likeness (QED) is 0.679. The van der Waals surface area contributed by atoms with Crippen LogP contribution in [0, 0.1) is 5.41 Å². The van der Waals surface area contributed by atoms with Gasteiger partial charge in [-0.15, -0.1) is 0 Å². The van der Waals surface area contributed by atoms with Crippen molar-refractivity contribution >= 4 is 5.91 Å². The summed E-state index contributed by atoms with van der Waals surface area (Å²) in [6.45, 7) is 12.1. The molecule has 1 N–H and O–H groups in total. The monoisotopic (exact) mass is 228 g/mol. The zero-order valence-corrected chi connectivity index (χ0v) is 11.6. The number of hydrazine groups is 1. The number of hydrogen-bond donors (Lipinski definition) is 1. The van der Waals surface area contributed by atoms with Gasteiger partial charge in [-0.25, -0.2) is 5.01 Å². The SMILES string of the molecule is CCCCN(CCCC)NC(=O)C(C)(C)C. The van der Waals surface area contributed by atoms with Crippen LogP contribution in [-0.4, -0.2) is 24.0 Å². The number of carbonyl (C=O) groups excluding carboxylic acids is 1. The molecule has 3 heteroatoms. The number of rotatable bonds is 7. The van der Waals surface area contributed by atoms with Crippen LogP contribution in [0.15, 0.2) is 0 Å². The molecule has 0 radical (unpaired) electrons. The largest absolute Gasteiger partial charge is 0.288 e. The lowest BCUT2D eigenvalue weighted by molar-refractivity contribution is -0.133. The fourth-order valence-electron chi connectivity index (χ4n) is 1.23. The summed E-state index contributed by atoms with van der Waals surface area (Å²) in [4.78, 5) is 11.8. The van der Waals surface area contributed by atoms with Crippen molar-refractivity contribution < 1.29 is 4.79 Å². The van der Waals surface area contributed by atoms with Crippen LogP contribution in [0.5, 0.6) is 0 Å². The second-order valence-corrected chi connectivity index (χ2v) is 5.39. The molecule has 0 aromatic carbocycles. The average Bonchev–Trinajstić information content (AvgIpc) is 2.20. The number of carbonyl (C=O) groups is 1. The van der Waals surface area contributed by atoms with Crippen molar-refractivity contribution in [3.05, 3.63) is 0 Å². The Labute approximate surface area is 101 Å². The summed E-state index contributed by atoms with van der Waals surface area (Å²) in [5, 5.41) is 2.07. The van der Waals surface area contributed by atoms with Crippen LogP contribution in [0.3, 0.4) is 0 Å². The van der Waals surface area contributed by atoms with Crippen molar-refractivity contribution in [1.82, 2.24) is 10.4 Å². The van der Waals surface area contributed by atoms with Crippen molar-refractivity contribution in [3.8, 4) is 0 Å². The molecule has 0 bridgehead atoms. The fraction of sp³-hybridized carbons (Fsp3) is 0.923. The van der Waals surface area contributed by atoms with Gasteiger partial charge in [0.1, 0.15) is 0 Å². The van der Waals surface area contributed by atoms with E-state index in [1.807, 2.05) is 20.8 Å². The van der Waals surface area contributed by atoms with Crippen molar-refractivity contribution in [2.45, 2.75) is 60.3 Å². The Kier molecular flexibility index (Phi) is 7.39. The van der Waals surface area contributed by atoms with E-state index in [0.29, 0.717) is 0 Å². The number of nitrogens with zero attached hydrogens (tertiary/aromatic N) is 1. The Balaban J connectivity index is 4.13. The molecule has 0 aliphatic heterocycles. The molecule has 0 aliphatic carbocycles. The normalized spacial score (nSPS) is 11.9. The number of nitrogens with one attached hydrogen (secondary N) is 1. The summed E-state index contributed by atoms with van der Waals surface area (Å²) >= 11 is 0. The molecule has 0 heterocycles. The van der Waals surface area contributed by atoms with Gasteiger partial charge in [-0.3, -0.25) is 10.2 Å². The predicted molar refractivity (Wildman–Crippen MR) is 69.0 cm³/mol. The summed E-state index contributed by atoms with van der Waals surface area (Å²) in [5.74, 6) is 0.111. The lowest BCUT2D eigenvalue weighted by Gasteiger charge is -2.27. The zero-order chi connectivity index (χ0) is 12.6. The summed E-state index contributed by atoms with van der Waals surface area (Å²) in [5.41, 5.74) is 2.71. The molecular formula is C13H28N2O. The molecule has 0 rings (SSSR count). The van der Waals surface area contributed by atoms with Crippen LogP contribution in [0.1, 0.15) is 60.3 Å². The van der Waals surface area contributed by atoms with Gasteiger partial charge in [-0.1, -0.05) is 47.5 Å². The maximum absolute atomic E-state index is 11.8. The highest BCUT2D eigenvalue weighted by Gasteiger charge is 2.22. The van der Waals surface area contributed by atoms with Crippen LogP contribution in [0.25, 0.3) is 0 Å². The topological polar surface area (TPSA) is 32.3 Å². The summed E-state index contributed by atoms with van der Waals surface area (Å²) in [7, 11) is 0. The minimum Gasteiger partial charge on any atom is -0.288 e. The van der Waals surface area contributed by atoms with Gasteiger partial charge in [0.2, 0.25) is 5.91 Å². The van der Waals surface area contributed by atoms with Crippen molar-refractivity contribution in [2.75, 3.05) is 13.1 Å². The molecule has 16 heavy (non-hydrogen) atoms. The molecule has 0 aromatic heterocycles. The van der Waals surface area contributed by atoms with Crippen molar-refractivity contribution in [3.63, 3.8) is 0 Å². The van der Waals surface area contributed by atoms with Crippen molar-refractivity contribution in [1.29, 1.82) is 0 Å². The van der Waals surface area contributed by atoms with Crippen LogP contribution < -0.4 is 5.43 Å². The Morgan fingerprint density at radius 3 is 1.81 bits per heavy atom. The molecule has 0 fully saturated rings. The average molecular weight is 228 g/mol. The lowest BCUT2D eigenvalue weighted by atomic mass is 9.96.